The minimum atomic E-state index is -4.51. The number of alkyl halides is 3. The summed E-state index contributed by atoms with van der Waals surface area (Å²) in [5, 5.41) is 20.9. The quantitative estimate of drug-likeness (QED) is 0.919. The van der Waals surface area contributed by atoms with E-state index in [2.05, 4.69) is 15.4 Å². The number of hydrogen-bond donors (Lipinski definition) is 1. The van der Waals surface area contributed by atoms with Gasteiger partial charge in [-0.2, -0.15) is 18.0 Å². The number of aliphatic hydroxyl groups excluding tert-OH is 1. The molecule has 0 radical (unpaired) electrons. The zero-order chi connectivity index (χ0) is 14.0. The number of hydrogen-bond acceptors (Lipinski definition) is 4. The minimum Gasteiger partial charge on any atom is -0.388 e. The van der Waals surface area contributed by atoms with Gasteiger partial charge in [0.05, 0.1) is 18.7 Å². The fourth-order valence-corrected chi connectivity index (χ4v) is 1.73. The second kappa shape index (κ2) is 4.96. The predicted octanol–water partition coefficient (Wildman–Crippen LogP) is 1.50. The molecule has 0 bridgehead atoms. The normalized spacial score (nSPS) is 13.5. The smallest absolute Gasteiger partial charge is 0.388 e. The summed E-state index contributed by atoms with van der Waals surface area (Å²) >= 11 is 0. The van der Waals surface area contributed by atoms with Crippen molar-refractivity contribution in [1.82, 2.24) is 20.2 Å². The highest BCUT2D eigenvalue weighted by atomic mass is 19.4. The lowest BCUT2D eigenvalue weighted by molar-refractivity contribution is -0.139. The average Bonchev–Trinajstić information content (AvgIpc) is 2.73. The molecule has 0 amide bonds. The van der Waals surface area contributed by atoms with Gasteiger partial charge in [-0.15, -0.1) is 10.2 Å². The molecule has 19 heavy (non-hydrogen) atoms. The van der Waals surface area contributed by atoms with Crippen molar-refractivity contribution >= 4 is 0 Å². The van der Waals surface area contributed by atoms with Crippen LogP contribution in [0.3, 0.4) is 0 Å². The molecular formula is C11H11F3N4O. The molecule has 2 rings (SSSR count). The Labute approximate surface area is 106 Å². The number of halogens is 3. The summed E-state index contributed by atoms with van der Waals surface area (Å²) in [5.41, 5.74) is -1.05. The van der Waals surface area contributed by atoms with Gasteiger partial charge in [0.2, 0.25) is 0 Å². The lowest BCUT2D eigenvalue weighted by Crippen LogP contribution is -2.13. The first-order chi connectivity index (χ1) is 8.88. The van der Waals surface area contributed by atoms with Crippen LogP contribution < -0.4 is 0 Å². The maximum atomic E-state index is 12.8. The minimum absolute atomic E-state index is 0.124. The molecule has 1 atom stereocenters. The van der Waals surface area contributed by atoms with Crippen LogP contribution in [0.15, 0.2) is 24.3 Å². The van der Waals surface area contributed by atoms with Gasteiger partial charge in [-0.05, 0) is 16.8 Å². The number of rotatable bonds is 3. The molecule has 1 unspecified atom stereocenters. The molecule has 1 aromatic carbocycles. The Hall–Kier alpha value is -1.96. The van der Waals surface area contributed by atoms with E-state index in [-0.39, 0.29) is 17.8 Å². The molecule has 2 aromatic rings. The van der Waals surface area contributed by atoms with Gasteiger partial charge in [0, 0.05) is 6.42 Å². The van der Waals surface area contributed by atoms with Crippen LogP contribution in [0.5, 0.6) is 0 Å². The zero-order valence-corrected chi connectivity index (χ0v) is 9.96. The summed E-state index contributed by atoms with van der Waals surface area (Å²) in [7, 11) is 1.53. The SMILES string of the molecule is Cn1nnc(CC(O)c2ccccc2C(F)(F)F)n1. The van der Waals surface area contributed by atoms with Crippen molar-refractivity contribution in [3.05, 3.63) is 41.2 Å². The first-order valence-electron chi connectivity index (χ1n) is 5.45. The zero-order valence-electron chi connectivity index (χ0n) is 9.96. The van der Waals surface area contributed by atoms with E-state index in [4.69, 9.17) is 0 Å². The van der Waals surface area contributed by atoms with Crippen LogP contribution in [-0.2, 0) is 19.6 Å². The number of aliphatic hydroxyl groups is 1. The van der Waals surface area contributed by atoms with Crippen molar-refractivity contribution < 1.29 is 18.3 Å². The van der Waals surface area contributed by atoms with Gasteiger partial charge in [0.15, 0.2) is 5.82 Å². The van der Waals surface area contributed by atoms with Crippen molar-refractivity contribution in [2.75, 3.05) is 0 Å². The van der Waals surface area contributed by atoms with E-state index in [0.29, 0.717) is 0 Å². The molecule has 0 aliphatic heterocycles. The summed E-state index contributed by atoms with van der Waals surface area (Å²) in [6.07, 6.45) is -5.96. The fourth-order valence-electron chi connectivity index (χ4n) is 1.73. The van der Waals surface area contributed by atoms with Gasteiger partial charge in [0.1, 0.15) is 0 Å². The Morgan fingerprint density at radius 2 is 2.00 bits per heavy atom. The van der Waals surface area contributed by atoms with Crippen molar-refractivity contribution in [1.29, 1.82) is 0 Å². The van der Waals surface area contributed by atoms with Gasteiger partial charge in [0.25, 0.3) is 0 Å². The molecular weight excluding hydrogens is 261 g/mol. The molecule has 0 aliphatic rings. The van der Waals surface area contributed by atoms with E-state index in [0.717, 1.165) is 6.07 Å². The maximum absolute atomic E-state index is 12.8. The van der Waals surface area contributed by atoms with E-state index < -0.39 is 17.8 Å². The maximum Gasteiger partial charge on any atom is 0.416 e. The van der Waals surface area contributed by atoms with Crippen molar-refractivity contribution in [2.24, 2.45) is 7.05 Å². The van der Waals surface area contributed by atoms with Crippen LogP contribution in [0.4, 0.5) is 13.2 Å². The summed E-state index contributed by atoms with van der Waals surface area (Å²) < 4.78 is 38.4. The molecule has 0 saturated heterocycles. The number of benzene rings is 1. The third-order valence-electron chi connectivity index (χ3n) is 2.55. The molecule has 0 spiro atoms. The Balaban J connectivity index is 2.26. The first-order valence-corrected chi connectivity index (χ1v) is 5.45. The molecule has 0 aliphatic carbocycles. The van der Waals surface area contributed by atoms with E-state index in [1.165, 1.54) is 30.0 Å². The predicted molar refractivity (Wildman–Crippen MR) is 58.9 cm³/mol. The van der Waals surface area contributed by atoms with Crippen molar-refractivity contribution in [3.8, 4) is 0 Å². The molecule has 0 saturated carbocycles. The second-order valence-electron chi connectivity index (χ2n) is 4.00. The Bertz CT molecular complexity index is 567. The van der Waals surface area contributed by atoms with Gasteiger partial charge in [-0.1, -0.05) is 18.2 Å². The van der Waals surface area contributed by atoms with E-state index >= 15 is 0 Å². The van der Waals surface area contributed by atoms with E-state index in [9.17, 15) is 18.3 Å². The van der Waals surface area contributed by atoms with E-state index in [1.54, 1.807) is 0 Å². The lowest BCUT2D eigenvalue weighted by atomic mass is 10.00. The topological polar surface area (TPSA) is 63.8 Å². The fraction of sp³-hybridized carbons (Fsp3) is 0.364. The summed E-state index contributed by atoms with van der Waals surface area (Å²) in [6.45, 7) is 0. The second-order valence-corrected chi connectivity index (χ2v) is 4.00. The number of aryl methyl sites for hydroxylation is 1. The van der Waals surface area contributed by atoms with Crippen LogP contribution >= 0.6 is 0 Å². The molecule has 102 valence electrons. The third kappa shape index (κ3) is 3.08. The summed E-state index contributed by atoms with van der Waals surface area (Å²) in [5.74, 6) is 0.187. The van der Waals surface area contributed by atoms with Crippen LogP contribution in [0.25, 0.3) is 0 Å². The van der Waals surface area contributed by atoms with Gasteiger partial charge in [-0.3, -0.25) is 0 Å². The number of nitrogens with zero attached hydrogens (tertiary/aromatic N) is 4. The van der Waals surface area contributed by atoms with Gasteiger partial charge in [-0.25, -0.2) is 0 Å². The molecule has 1 heterocycles. The Morgan fingerprint density at radius 3 is 2.58 bits per heavy atom. The van der Waals surface area contributed by atoms with Crippen LogP contribution in [0.1, 0.15) is 23.1 Å². The number of aromatic nitrogens is 4. The average molecular weight is 272 g/mol. The third-order valence-corrected chi connectivity index (χ3v) is 2.55. The molecule has 0 fully saturated rings. The monoisotopic (exact) mass is 272 g/mol. The Morgan fingerprint density at radius 1 is 1.32 bits per heavy atom. The molecule has 8 heteroatoms. The molecule has 1 aromatic heterocycles. The standard InChI is InChI=1S/C11H11F3N4O/c1-18-16-10(15-17-18)6-9(19)7-4-2-3-5-8(7)11(12,13)14/h2-5,9,19H,6H2,1H3. The summed E-state index contributed by atoms with van der Waals surface area (Å²) in [6, 6.07) is 4.89. The van der Waals surface area contributed by atoms with Crippen LogP contribution in [0, 0.1) is 0 Å². The lowest BCUT2D eigenvalue weighted by Gasteiger charge is -2.16. The van der Waals surface area contributed by atoms with Crippen molar-refractivity contribution in [2.45, 2.75) is 18.7 Å². The summed E-state index contributed by atoms with van der Waals surface area (Å²) in [4.78, 5) is 1.18. The number of tetrazole rings is 1. The highest BCUT2D eigenvalue weighted by Crippen LogP contribution is 2.35. The van der Waals surface area contributed by atoms with Gasteiger partial charge >= 0.3 is 6.18 Å². The van der Waals surface area contributed by atoms with Crippen LogP contribution in [0.2, 0.25) is 0 Å². The highest BCUT2D eigenvalue weighted by Gasteiger charge is 2.34. The van der Waals surface area contributed by atoms with Crippen molar-refractivity contribution in [3.63, 3.8) is 0 Å². The first kappa shape index (κ1) is 13.5. The van der Waals surface area contributed by atoms with Crippen LogP contribution in [-0.4, -0.2) is 25.3 Å². The van der Waals surface area contributed by atoms with E-state index in [1.807, 2.05) is 0 Å². The molecule has 1 N–H and O–H groups in total. The highest BCUT2D eigenvalue weighted by molar-refractivity contribution is 5.31. The largest absolute Gasteiger partial charge is 0.416 e. The Kier molecular flexibility index (Phi) is 3.52. The van der Waals surface area contributed by atoms with Gasteiger partial charge < -0.3 is 5.11 Å². The molecule has 5 nitrogen and oxygen atoms in total.